The summed E-state index contributed by atoms with van der Waals surface area (Å²) in [6, 6.07) is 11.0. The molecule has 36 heavy (non-hydrogen) atoms. The third-order valence-electron chi connectivity index (χ3n) is 5.91. The monoisotopic (exact) mass is 525 g/mol. The zero-order valence-electron chi connectivity index (χ0n) is 19.7. The van der Waals surface area contributed by atoms with Gasteiger partial charge < -0.3 is 23.9 Å². The Morgan fingerprint density at radius 3 is 2.22 bits per heavy atom. The summed E-state index contributed by atoms with van der Waals surface area (Å²) in [5, 5.41) is 11.0. The van der Waals surface area contributed by atoms with E-state index < -0.39 is 35.0 Å². The van der Waals surface area contributed by atoms with Crippen molar-refractivity contribution in [1.82, 2.24) is 4.57 Å². The first kappa shape index (κ1) is 27.1. The van der Waals surface area contributed by atoms with Gasteiger partial charge in [-0.1, -0.05) is 36.7 Å². The summed E-state index contributed by atoms with van der Waals surface area (Å²) in [6.07, 6.45) is -5.05. The van der Waals surface area contributed by atoms with Crippen molar-refractivity contribution in [2.45, 2.75) is 24.6 Å². The standard InChI is InChI=1S/C25H23ClF3NO6/c1-14(24(33,25(27,28)29)17-7-10-22(31)30(2)13-17)18-8-5-15(11-19(18)26)16-6-9-20(21(12-16)34-3)36-23(32)35-4/h5-14,33H,1-4H3. The number of benzene rings is 2. The minimum absolute atomic E-state index is 0.0126. The maximum Gasteiger partial charge on any atom is 0.513 e. The van der Waals surface area contributed by atoms with E-state index in [4.69, 9.17) is 21.1 Å². The van der Waals surface area contributed by atoms with Gasteiger partial charge in [-0.25, -0.2) is 4.79 Å². The Balaban J connectivity index is 2.03. The SMILES string of the molecule is COC(=O)Oc1ccc(-c2ccc(C(C)C(O)(c3ccc(=O)n(C)c3)C(F)(F)F)c(Cl)c2)cc1OC. The molecule has 2 atom stereocenters. The molecule has 0 saturated carbocycles. The van der Waals surface area contributed by atoms with E-state index in [0.717, 1.165) is 30.0 Å². The zero-order chi connectivity index (χ0) is 26.8. The molecule has 2 aromatic carbocycles. The fourth-order valence-corrected chi connectivity index (χ4v) is 4.17. The van der Waals surface area contributed by atoms with Crippen LogP contribution in [0.5, 0.6) is 11.5 Å². The Kier molecular flexibility index (Phi) is 7.70. The van der Waals surface area contributed by atoms with Crippen LogP contribution in [0.2, 0.25) is 5.02 Å². The lowest BCUT2D eigenvalue weighted by atomic mass is 9.78. The van der Waals surface area contributed by atoms with Crippen LogP contribution in [-0.2, 0) is 17.4 Å². The molecular formula is C25H23ClF3NO6. The van der Waals surface area contributed by atoms with Gasteiger partial charge in [-0.15, -0.1) is 0 Å². The fourth-order valence-electron chi connectivity index (χ4n) is 3.82. The van der Waals surface area contributed by atoms with Crippen LogP contribution in [-0.4, -0.2) is 36.2 Å². The highest BCUT2D eigenvalue weighted by molar-refractivity contribution is 6.31. The van der Waals surface area contributed by atoms with Crippen molar-refractivity contribution >= 4 is 17.8 Å². The van der Waals surface area contributed by atoms with E-state index in [1.54, 1.807) is 18.2 Å². The second-order valence-corrected chi connectivity index (χ2v) is 8.42. The maximum absolute atomic E-state index is 14.2. The van der Waals surface area contributed by atoms with E-state index in [9.17, 15) is 27.9 Å². The number of ether oxygens (including phenoxy) is 3. The molecule has 192 valence electrons. The van der Waals surface area contributed by atoms with Crippen LogP contribution in [0, 0.1) is 0 Å². The minimum Gasteiger partial charge on any atom is -0.493 e. The lowest BCUT2D eigenvalue weighted by Gasteiger charge is -2.37. The molecule has 1 heterocycles. The van der Waals surface area contributed by atoms with Gasteiger partial charge in [-0.2, -0.15) is 13.2 Å². The number of rotatable bonds is 6. The van der Waals surface area contributed by atoms with E-state index in [0.29, 0.717) is 11.1 Å². The van der Waals surface area contributed by atoms with E-state index in [-0.39, 0.29) is 22.1 Å². The molecule has 0 aliphatic carbocycles. The molecule has 0 saturated heterocycles. The maximum atomic E-state index is 14.2. The predicted octanol–water partition coefficient (Wildman–Crippen LogP) is 5.41. The normalized spacial score (nSPS) is 14.0. The molecule has 0 bridgehead atoms. The second-order valence-electron chi connectivity index (χ2n) is 8.01. The van der Waals surface area contributed by atoms with Gasteiger partial charge in [-0.3, -0.25) is 4.79 Å². The number of carbonyl (C=O) groups excluding carboxylic acids is 1. The Bertz CT molecular complexity index is 1340. The largest absolute Gasteiger partial charge is 0.513 e. The van der Waals surface area contributed by atoms with Crippen LogP contribution >= 0.6 is 11.6 Å². The molecule has 2 unspecified atom stereocenters. The van der Waals surface area contributed by atoms with E-state index >= 15 is 0 Å². The van der Waals surface area contributed by atoms with Gasteiger partial charge in [0.2, 0.25) is 5.56 Å². The van der Waals surface area contributed by atoms with Crippen molar-refractivity contribution in [2.75, 3.05) is 14.2 Å². The first-order chi connectivity index (χ1) is 16.8. The van der Waals surface area contributed by atoms with Crippen molar-refractivity contribution in [3.8, 4) is 22.6 Å². The highest BCUT2D eigenvalue weighted by Crippen LogP contribution is 2.50. The first-order valence-corrected chi connectivity index (χ1v) is 10.9. The molecular weight excluding hydrogens is 503 g/mol. The smallest absolute Gasteiger partial charge is 0.493 e. The van der Waals surface area contributed by atoms with E-state index in [1.807, 2.05) is 0 Å². The summed E-state index contributed by atoms with van der Waals surface area (Å²) in [6.45, 7) is 1.21. The molecule has 3 rings (SSSR count). The summed E-state index contributed by atoms with van der Waals surface area (Å²) in [4.78, 5) is 23.1. The summed E-state index contributed by atoms with van der Waals surface area (Å²) in [5.41, 5.74) is -3.16. The number of aryl methyl sites for hydroxylation is 1. The van der Waals surface area contributed by atoms with Crippen LogP contribution in [0.1, 0.15) is 24.0 Å². The number of hydrogen-bond acceptors (Lipinski definition) is 6. The van der Waals surface area contributed by atoms with Gasteiger partial charge in [0.25, 0.3) is 0 Å². The third-order valence-corrected chi connectivity index (χ3v) is 6.24. The molecule has 11 heteroatoms. The molecule has 0 amide bonds. The highest BCUT2D eigenvalue weighted by atomic mass is 35.5. The summed E-state index contributed by atoms with van der Waals surface area (Å²) in [5.74, 6) is -1.20. The third kappa shape index (κ3) is 5.05. The van der Waals surface area contributed by atoms with Crippen LogP contribution in [0.25, 0.3) is 11.1 Å². The molecule has 0 spiro atoms. The number of aliphatic hydroxyl groups is 1. The number of carbonyl (C=O) groups is 1. The zero-order valence-corrected chi connectivity index (χ0v) is 20.5. The fraction of sp³-hybridized carbons (Fsp3) is 0.280. The summed E-state index contributed by atoms with van der Waals surface area (Å²) < 4.78 is 58.4. The summed E-state index contributed by atoms with van der Waals surface area (Å²) in [7, 11) is 3.83. The Morgan fingerprint density at radius 1 is 1.03 bits per heavy atom. The van der Waals surface area contributed by atoms with Gasteiger partial charge in [0.05, 0.1) is 14.2 Å². The molecule has 7 nitrogen and oxygen atoms in total. The van der Waals surface area contributed by atoms with E-state index in [1.165, 1.54) is 39.3 Å². The second kappa shape index (κ2) is 10.2. The van der Waals surface area contributed by atoms with Crippen LogP contribution in [0.15, 0.2) is 59.5 Å². The van der Waals surface area contributed by atoms with Crippen LogP contribution in [0.4, 0.5) is 18.0 Å². The van der Waals surface area contributed by atoms with Crippen LogP contribution < -0.4 is 15.0 Å². The van der Waals surface area contributed by atoms with Gasteiger partial charge in [0.15, 0.2) is 17.1 Å². The van der Waals surface area contributed by atoms with Gasteiger partial charge >= 0.3 is 12.3 Å². The Labute approximate surface area is 209 Å². The average Bonchev–Trinajstić information content (AvgIpc) is 2.84. The Hall–Kier alpha value is -3.50. The number of halogens is 4. The predicted molar refractivity (Wildman–Crippen MR) is 127 cm³/mol. The number of nitrogens with zero attached hydrogens (tertiary/aromatic N) is 1. The van der Waals surface area contributed by atoms with Gasteiger partial charge in [0, 0.05) is 35.8 Å². The quantitative estimate of drug-likeness (QED) is 0.342. The van der Waals surface area contributed by atoms with Crippen molar-refractivity contribution < 1.29 is 37.3 Å². The molecule has 0 aliphatic rings. The number of hydrogen-bond donors (Lipinski definition) is 1. The minimum atomic E-state index is -5.07. The number of methoxy groups -OCH3 is 2. The van der Waals surface area contributed by atoms with Crippen molar-refractivity contribution in [3.05, 3.63) is 81.2 Å². The topological polar surface area (TPSA) is 87.0 Å². The lowest BCUT2D eigenvalue weighted by molar-refractivity contribution is -0.274. The summed E-state index contributed by atoms with van der Waals surface area (Å²) >= 11 is 6.42. The van der Waals surface area contributed by atoms with Crippen molar-refractivity contribution in [3.63, 3.8) is 0 Å². The molecule has 0 aliphatic heterocycles. The molecule has 0 fully saturated rings. The number of alkyl halides is 3. The van der Waals surface area contributed by atoms with Crippen molar-refractivity contribution in [2.24, 2.45) is 7.05 Å². The average molecular weight is 526 g/mol. The molecule has 1 aromatic heterocycles. The molecule has 3 aromatic rings. The highest BCUT2D eigenvalue weighted by Gasteiger charge is 2.59. The van der Waals surface area contributed by atoms with Gasteiger partial charge in [0.1, 0.15) is 0 Å². The number of aromatic nitrogens is 1. The number of pyridine rings is 1. The molecule has 1 N–H and O–H groups in total. The van der Waals surface area contributed by atoms with Crippen LogP contribution in [0.3, 0.4) is 0 Å². The first-order valence-electron chi connectivity index (χ1n) is 10.5. The molecule has 0 radical (unpaired) electrons. The lowest BCUT2D eigenvalue weighted by Crippen LogP contribution is -2.47. The van der Waals surface area contributed by atoms with Gasteiger partial charge in [-0.05, 0) is 41.0 Å². The van der Waals surface area contributed by atoms with E-state index in [2.05, 4.69) is 4.74 Å². The Morgan fingerprint density at radius 2 is 1.67 bits per heavy atom. The van der Waals surface area contributed by atoms with Crippen molar-refractivity contribution in [1.29, 1.82) is 0 Å².